The van der Waals surface area contributed by atoms with Crippen LogP contribution in [0.4, 0.5) is 0 Å². The maximum absolute atomic E-state index is 2.88. The Morgan fingerprint density at radius 2 is 0.543 bits per heavy atom. The van der Waals surface area contributed by atoms with Crippen molar-refractivity contribution in [3.63, 3.8) is 0 Å². The van der Waals surface area contributed by atoms with E-state index in [1.54, 1.807) is 33.4 Å². The summed E-state index contributed by atoms with van der Waals surface area (Å²) >= 11 is -2.88. The molecule has 2 heteroatoms. The van der Waals surface area contributed by atoms with Gasteiger partial charge in [0.2, 0.25) is 0 Å². The molecule has 0 spiro atoms. The molecule has 0 saturated heterocycles. The molecule has 0 nitrogen and oxygen atoms in total. The van der Waals surface area contributed by atoms with Crippen molar-refractivity contribution in [1.29, 1.82) is 0 Å². The normalized spacial score (nSPS) is 23.3. The second-order valence-electron chi connectivity index (χ2n) is 14.0. The fourth-order valence-corrected chi connectivity index (χ4v) is 22.3. The summed E-state index contributed by atoms with van der Waals surface area (Å²) in [4.78, 5) is 2.77. The van der Waals surface area contributed by atoms with Gasteiger partial charge >= 0.3 is 256 Å². The van der Waals surface area contributed by atoms with E-state index in [-0.39, 0.29) is 15.7 Å². The Balaban J connectivity index is 0.000000692. The van der Waals surface area contributed by atoms with Gasteiger partial charge in [-0.3, -0.25) is 0 Å². The Morgan fingerprint density at radius 1 is 0.370 bits per heavy atom. The summed E-state index contributed by atoms with van der Waals surface area (Å²) < 4.78 is -0.253. The Bertz CT molecular complexity index is 1770. The van der Waals surface area contributed by atoms with Gasteiger partial charge in [0, 0.05) is 8.80 Å². The third-order valence-corrected chi connectivity index (χ3v) is 22.2. The summed E-state index contributed by atoms with van der Waals surface area (Å²) in [6.07, 6.45) is 0. The van der Waals surface area contributed by atoms with Crippen molar-refractivity contribution in [3.8, 4) is 0 Å². The minimum absolute atomic E-state index is 0.120. The van der Waals surface area contributed by atoms with E-state index in [9.17, 15) is 0 Å². The first-order valence-electron chi connectivity index (χ1n) is 16.7. The van der Waals surface area contributed by atoms with E-state index in [1.165, 1.54) is 33.4 Å². The summed E-state index contributed by atoms with van der Waals surface area (Å²) in [6.45, 7) is 6.81. The Labute approximate surface area is 282 Å². The third kappa shape index (κ3) is 3.46. The topological polar surface area (TPSA) is 0 Å². The Morgan fingerprint density at radius 3 is 0.739 bits per heavy atom. The van der Waals surface area contributed by atoms with Gasteiger partial charge in [0.25, 0.3) is 0 Å². The Kier molecular flexibility index (Phi) is 6.47. The van der Waals surface area contributed by atoms with Gasteiger partial charge in [-0.05, 0) is 0 Å². The molecule has 0 unspecified atom stereocenters. The zero-order valence-corrected chi connectivity index (χ0v) is 30.9. The van der Waals surface area contributed by atoms with Crippen LogP contribution in [0.1, 0.15) is 78.6 Å². The molecule has 6 aromatic rings. The zero-order valence-electron chi connectivity index (χ0n) is 27.0. The molecule has 6 aliphatic rings. The molecule has 12 rings (SSSR count). The van der Waals surface area contributed by atoms with Gasteiger partial charge in [-0.2, -0.15) is 0 Å². The van der Waals surface area contributed by atoms with Crippen LogP contribution in [-0.4, -0.2) is 28.6 Å². The van der Waals surface area contributed by atoms with Crippen LogP contribution < -0.4 is 0 Å². The van der Waals surface area contributed by atoms with Gasteiger partial charge in [-0.1, -0.05) is 19.6 Å². The predicted molar refractivity (Wildman–Crippen MR) is 195 cm³/mol. The van der Waals surface area contributed by atoms with Gasteiger partial charge < -0.3 is 0 Å². The molecule has 0 fully saturated rings. The monoisotopic (exact) mass is 714 g/mol. The Hall–Kier alpha value is -3.66. The predicted octanol–water partition coefficient (Wildman–Crippen LogP) is 10.2. The van der Waals surface area contributed by atoms with Crippen LogP contribution in [0.15, 0.2) is 146 Å². The van der Waals surface area contributed by atoms with Crippen molar-refractivity contribution >= 4 is 28.6 Å². The van der Waals surface area contributed by atoms with Crippen LogP contribution >= 0.6 is 0 Å². The van der Waals surface area contributed by atoms with Gasteiger partial charge in [0.1, 0.15) is 0 Å². The second kappa shape index (κ2) is 10.4. The van der Waals surface area contributed by atoms with Crippen LogP contribution in [-0.2, 0) is 6.86 Å². The second-order valence-corrected chi connectivity index (χ2v) is 24.9. The number of hydrogen-bond donors (Lipinski definition) is 0. The molecule has 6 aliphatic carbocycles. The third-order valence-electron chi connectivity index (χ3n) is 11.2. The fraction of sp³-hybridized carbons (Fsp3) is 0.182. The maximum atomic E-state index is 2.77. The molecule has 0 aromatic heterocycles. The van der Waals surface area contributed by atoms with Gasteiger partial charge in [0.05, 0.1) is 0 Å². The SMILES string of the molecule is C[Si](C)C.[CH3][Sn]([C]12c3ccccc3C(c3ccccc31)c1ccccc12)[C]12c3ccccc3C(c3ccccc31)c1ccccc12. The van der Waals surface area contributed by atoms with Crippen LogP contribution in [0, 0.1) is 0 Å². The first-order chi connectivity index (χ1) is 22.5. The first-order valence-corrected chi connectivity index (χ1v) is 25.4. The van der Waals surface area contributed by atoms with Crippen molar-refractivity contribution in [3.05, 3.63) is 212 Å². The molecule has 6 aromatic carbocycles. The van der Waals surface area contributed by atoms with Crippen molar-refractivity contribution in [1.82, 2.24) is 0 Å². The number of rotatable bonds is 2. The van der Waals surface area contributed by atoms with Gasteiger partial charge in [-0.25, -0.2) is 0 Å². The van der Waals surface area contributed by atoms with E-state index in [0.717, 1.165) is 0 Å². The molecule has 4 bridgehead atoms. The standard InChI is InChI=1S/2C20H13.C3H9Si.CH3.Sn/c2*1-2-8-14-13(7-1)19-15-9-3-5-11-17(15)20(14)18-12-6-4-10-16(18)19;1-4(2)3;;/h2*1-12,19H;1-3H3;1H3;. The zero-order chi connectivity index (χ0) is 31.2. The average molecular weight is 714 g/mol. The van der Waals surface area contributed by atoms with Crippen LogP contribution in [0.3, 0.4) is 0 Å². The average Bonchev–Trinajstić information content (AvgIpc) is 3.10. The minimum atomic E-state index is -2.88. The van der Waals surface area contributed by atoms with Crippen molar-refractivity contribution in [2.45, 2.75) is 43.3 Å². The molecular weight excluding hydrogens is 675 g/mol. The summed E-state index contributed by atoms with van der Waals surface area (Å²) in [7, 11) is 0.120. The van der Waals surface area contributed by atoms with Crippen molar-refractivity contribution in [2.24, 2.45) is 0 Å². The van der Waals surface area contributed by atoms with E-state index >= 15 is 0 Å². The summed E-state index contributed by atoms with van der Waals surface area (Å²) in [5.74, 6) is 0.608. The molecule has 0 saturated carbocycles. The quantitative estimate of drug-likeness (QED) is 0.157. The molecule has 0 amide bonds. The van der Waals surface area contributed by atoms with E-state index < -0.39 is 19.8 Å². The summed E-state index contributed by atoms with van der Waals surface area (Å²) in [5, 5.41) is 0. The summed E-state index contributed by atoms with van der Waals surface area (Å²) in [5.41, 5.74) is 18.5. The van der Waals surface area contributed by atoms with Crippen molar-refractivity contribution in [2.75, 3.05) is 0 Å². The molecule has 0 atom stereocenters. The number of hydrogen-bond acceptors (Lipinski definition) is 0. The summed E-state index contributed by atoms with van der Waals surface area (Å²) in [6, 6.07) is 56.9. The molecule has 0 heterocycles. The fourth-order valence-electron chi connectivity index (χ4n) is 9.91. The van der Waals surface area contributed by atoms with Gasteiger partial charge in [0.15, 0.2) is 0 Å². The van der Waals surface area contributed by atoms with Crippen LogP contribution in [0.2, 0.25) is 24.6 Å². The molecule has 0 N–H and O–H groups in total. The van der Waals surface area contributed by atoms with E-state index in [0.29, 0.717) is 11.8 Å². The molecule has 2 radical (unpaired) electrons. The molecule has 0 aliphatic heterocycles. The molecule has 222 valence electrons. The molecule has 46 heavy (non-hydrogen) atoms. The van der Waals surface area contributed by atoms with Crippen LogP contribution in [0.5, 0.6) is 0 Å². The van der Waals surface area contributed by atoms with Crippen molar-refractivity contribution < 1.29 is 0 Å². The molecular formula is C44H38SiSn. The van der Waals surface area contributed by atoms with E-state index in [2.05, 4.69) is 170 Å². The van der Waals surface area contributed by atoms with Crippen LogP contribution in [0.25, 0.3) is 0 Å². The van der Waals surface area contributed by atoms with E-state index in [4.69, 9.17) is 0 Å². The van der Waals surface area contributed by atoms with Gasteiger partial charge in [-0.15, -0.1) is 0 Å². The first kappa shape index (κ1) is 28.5. The van der Waals surface area contributed by atoms with E-state index in [1.807, 2.05) is 0 Å². The number of benzene rings is 6.